The van der Waals surface area contributed by atoms with Crippen LogP contribution in [0.3, 0.4) is 0 Å². The molecule has 1 fully saturated rings. The molecule has 638 valence electrons. The molecular formula is C91H142N12O6S6. The molecule has 7 N–H and O–H groups in total. The molecule has 0 atom stereocenters. The van der Waals surface area contributed by atoms with E-state index >= 15 is 0 Å². The third-order valence-corrected chi connectivity index (χ3v) is 22.4. The van der Waals surface area contributed by atoms with Gasteiger partial charge in [0.25, 0.3) is 0 Å². The van der Waals surface area contributed by atoms with E-state index in [1.165, 1.54) is 106 Å². The van der Waals surface area contributed by atoms with E-state index in [2.05, 4.69) is 256 Å². The van der Waals surface area contributed by atoms with Gasteiger partial charge in [-0.05, 0) is 158 Å². The molecule has 1 aliphatic rings. The zero-order valence-corrected chi connectivity index (χ0v) is 78.8. The average molecular weight is 1690 g/mol. The van der Waals surface area contributed by atoms with Crippen LogP contribution in [0.5, 0.6) is 0 Å². The Balaban J connectivity index is 0.000000433. The molecule has 0 saturated carbocycles. The highest BCUT2D eigenvalue weighted by atomic mass is 32.2. The molecule has 115 heavy (non-hydrogen) atoms. The number of rotatable bonds is 22. The minimum Gasteiger partial charge on any atom is -0.472 e. The SMILES string of the molecule is CC(C)c1ccc(N)cc1.CC(C)c1cccc(N)c1.CC(C)c1ccccc1.CC(C)c1ccco1.CC(C)c1ccoc1.CC(C)c1cocn1.CC(C)c1csc(CO)n1.CC(C)c1csc(CS(C)(=O)=O)n1.CC(C)c1csc(NCCN(C)C)n1.CC(C)c1csc(NCCN2CCCCC2)n1.CC(C)c1nccs1. The van der Waals surface area contributed by atoms with Crippen LogP contribution < -0.4 is 22.1 Å². The van der Waals surface area contributed by atoms with Crippen molar-refractivity contribution in [2.24, 2.45) is 0 Å². The lowest BCUT2D eigenvalue weighted by atomic mass is 10.0. The minimum absolute atomic E-state index is 0.0599. The maximum Gasteiger partial charge on any atom is 0.182 e. The van der Waals surface area contributed by atoms with Gasteiger partial charge in [0.15, 0.2) is 26.5 Å². The van der Waals surface area contributed by atoms with E-state index in [1.54, 1.807) is 59.1 Å². The lowest BCUT2D eigenvalue weighted by Gasteiger charge is -2.26. The second kappa shape index (κ2) is 58.5. The monoisotopic (exact) mass is 1690 g/mol. The minimum atomic E-state index is -2.94. The van der Waals surface area contributed by atoms with E-state index in [0.717, 1.165) is 75.7 Å². The number of thiazole rings is 5. The Hall–Kier alpha value is -7.39. The standard InChI is InChI=1S/C13H23N3S.C10H19N3S.2C9H13N.C9H12.C8H13NO2S2.C7H11NOS.2C7H10O.C6H9NO.C6H9NS/c1-11(2)12-10-17-13(15-12)14-6-9-16-7-4-3-5-8-16;1-8(2)9-7-14-10(12-9)11-5-6-13(3)4;1-7(2)8-3-5-9(10)6-4-8;1-7(2)8-4-3-5-9(10)6-8;1-8(2)9-6-4-3-5-7-9;1-6(2)7-4-12-8(9-7)5-13(3,10)11;1-5(2)6-4-10-7(3-9)8-6;1-6(2)7-3-4-8-5-7;1-6(2)7-4-3-5-8-7;1-5(2)6-3-8-4-7-6;1-5(2)6-7-3-4-8-6/h10-11H,3-9H2,1-2H3,(H,14,15);7-8H,5-6H2,1-4H3,(H,11,12);2*3-7H,10H2,1-2H3;3-8H,1-2H3;4,6H,5H2,1-3H3;4-5,9H,3H2,1-2H3;2*3-6H,1-2H3;2*3-5H,1-2H3. The molecule has 9 heterocycles. The fourth-order valence-electron chi connectivity index (χ4n) is 9.59. The van der Waals surface area contributed by atoms with Crippen LogP contribution in [0.1, 0.15) is 308 Å². The molecule has 12 rings (SSSR count). The summed E-state index contributed by atoms with van der Waals surface area (Å²) in [5.41, 5.74) is 23.6. The molecule has 0 unspecified atom stereocenters. The van der Waals surface area contributed by atoms with Gasteiger partial charge < -0.3 is 50.3 Å². The Morgan fingerprint density at radius 3 is 1.33 bits per heavy atom. The zero-order valence-electron chi connectivity index (χ0n) is 73.9. The summed E-state index contributed by atoms with van der Waals surface area (Å²) >= 11 is 8.06. The number of nitrogen functional groups attached to an aromatic ring is 2. The lowest BCUT2D eigenvalue weighted by molar-refractivity contribution is 0.237. The van der Waals surface area contributed by atoms with Gasteiger partial charge in [-0.3, -0.25) is 0 Å². The first-order chi connectivity index (χ1) is 54.4. The number of furan rings is 2. The Labute approximate surface area is 713 Å². The van der Waals surface area contributed by atoms with Crippen LogP contribution in [0, 0.1) is 0 Å². The summed E-state index contributed by atoms with van der Waals surface area (Å²) in [4.78, 5) is 30.3. The largest absolute Gasteiger partial charge is 0.472 e. The number of piperidine rings is 1. The second-order valence-corrected chi connectivity index (χ2v) is 38.2. The number of nitrogens with zero attached hydrogens (tertiary/aromatic N) is 8. The van der Waals surface area contributed by atoms with Crippen molar-refractivity contribution in [2.75, 3.05) is 81.7 Å². The van der Waals surface area contributed by atoms with E-state index < -0.39 is 9.84 Å². The van der Waals surface area contributed by atoms with Crippen molar-refractivity contribution in [3.63, 3.8) is 0 Å². The van der Waals surface area contributed by atoms with Crippen LogP contribution >= 0.6 is 56.7 Å². The molecule has 0 radical (unpaired) electrons. The first-order valence-electron chi connectivity index (χ1n) is 40.4. The molecule has 18 nitrogen and oxygen atoms in total. The van der Waals surface area contributed by atoms with Gasteiger partial charge >= 0.3 is 0 Å². The van der Waals surface area contributed by atoms with E-state index in [0.29, 0.717) is 70.1 Å². The number of nitrogens with two attached hydrogens (primary N) is 2. The Bertz CT molecular complexity index is 4040. The van der Waals surface area contributed by atoms with Gasteiger partial charge in [0.05, 0.1) is 58.9 Å². The summed E-state index contributed by atoms with van der Waals surface area (Å²) in [6.07, 6.45) is 15.5. The number of nitrogens with one attached hydrogen (secondary N) is 2. The number of oxazole rings is 1. The van der Waals surface area contributed by atoms with Crippen molar-refractivity contribution in [3.05, 3.63) is 233 Å². The number of anilines is 4. The molecule has 0 bridgehead atoms. The van der Waals surface area contributed by atoms with Gasteiger partial charge in [0.2, 0.25) is 0 Å². The quantitative estimate of drug-likeness (QED) is 0.0395. The molecular weight excluding hydrogens is 1550 g/mol. The maximum atomic E-state index is 10.9. The number of benzene rings is 3. The van der Waals surface area contributed by atoms with E-state index in [4.69, 9.17) is 29.8 Å². The van der Waals surface area contributed by atoms with Crippen LogP contribution in [-0.2, 0) is 22.2 Å². The normalized spacial score (nSPS) is 11.8. The number of likely N-dealkylation sites (tertiary alicyclic amines) is 1. The van der Waals surface area contributed by atoms with Gasteiger partial charge in [-0.25, -0.2) is 38.3 Å². The molecule has 0 amide bonds. The predicted octanol–water partition coefficient (Wildman–Crippen LogP) is 25.4. The first kappa shape index (κ1) is 104. The highest BCUT2D eigenvalue weighted by Crippen LogP contribution is 2.25. The molecule has 11 aromatic rings. The van der Waals surface area contributed by atoms with Gasteiger partial charge in [-0.1, -0.05) is 213 Å². The van der Waals surface area contributed by atoms with E-state index in [1.807, 2.05) is 90.8 Å². The summed E-state index contributed by atoms with van der Waals surface area (Å²) in [6.45, 7) is 53.8. The molecule has 0 spiro atoms. The summed E-state index contributed by atoms with van der Waals surface area (Å²) in [5, 5.41) is 30.5. The highest BCUT2D eigenvalue weighted by molar-refractivity contribution is 7.90. The first-order valence-corrected chi connectivity index (χ1v) is 46.9. The molecule has 24 heteroatoms. The van der Waals surface area contributed by atoms with Crippen LogP contribution in [0.15, 0.2) is 175 Å². The van der Waals surface area contributed by atoms with Crippen LogP contribution in [0.4, 0.5) is 21.6 Å². The lowest BCUT2D eigenvalue weighted by Crippen LogP contribution is -2.33. The van der Waals surface area contributed by atoms with Gasteiger partial charge in [0.1, 0.15) is 27.8 Å². The third-order valence-electron chi connectivity index (χ3n) is 17.0. The summed E-state index contributed by atoms with van der Waals surface area (Å²) in [7, 11) is 1.20. The number of aliphatic hydroxyl groups excluding tert-OH is 1. The van der Waals surface area contributed by atoms with Gasteiger partial charge in [-0.15, -0.1) is 56.7 Å². The number of hydrogen-bond acceptors (Lipinski definition) is 23. The summed E-state index contributed by atoms with van der Waals surface area (Å²) < 4.78 is 36.6. The van der Waals surface area contributed by atoms with Crippen LogP contribution in [0.25, 0.3) is 0 Å². The Morgan fingerprint density at radius 2 is 0.983 bits per heavy atom. The number of sulfone groups is 1. The van der Waals surface area contributed by atoms with Crippen LogP contribution in [-0.4, -0.2) is 113 Å². The van der Waals surface area contributed by atoms with Gasteiger partial charge in [-0.2, -0.15) is 0 Å². The Kier molecular flexibility index (Phi) is 52.7. The Morgan fingerprint density at radius 1 is 0.478 bits per heavy atom. The third kappa shape index (κ3) is 48.2. The number of aliphatic hydroxyl groups is 1. The second-order valence-electron chi connectivity index (χ2n) is 31.6. The van der Waals surface area contributed by atoms with Crippen molar-refractivity contribution in [3.8, 4) is 0 Å². The van der Waals surface area contributed by atoms with Crippen molar-refractivity contribution in [1.82, 2.24) is 39.7 Å². The fraction of sp³-hybridized carbons (Fsp3) is 0.516. The topological polar surface area (TPSA) is 254 Å². The van der Waals surface area contributed by atoms with E-state index in [-0.39, 0.29) is 12.4 Å². The molecule has 1 aliphatic heterocycles. The number of aromatic nitrogens is 6. The van der Waals surface area contributed by atoms with Crippen LogP contribution in [0.2, 0.25) is 0 Å². The zero-order chi connectivity index (χ0) is 86.0. The van der Waals surface area contributed by atoms with Crippen molar-refractivity contribution in [1.29, 1.82) is 0 Å². The molecule has 8 aromatic heterocycles. The average Bonchev–Trinajstić information content (AvgIpc) is 1.79. The smallest absolute Gasteiger partial charge is 0.182 e. The van der Waals surface area contributed by atoms with Crippen molar-refractivity contribution < 1.29 is 26.8 Å². The molecule has 3 aromatic carbocycles. The number of hydrogen-bond donors (Lipinski definition) is 5. The van der Waals surface area contributed by atoms with Gasteiger partial charge in [0, 0.05) is 88.7 Å². The predicted molar refractivity (Wildman–Crippen MR) is 498 cm³/mol. The number of likely N-dealkylation sites (N-methyl/N-ethyl adjacent to an activating group) is 1. The fourth-order valence-corrected chi connectivity index (χ4v) is 15.0. The maximum absolute atomic E-state index is 10.9. The summed E-state index contributed by atoms with van der Waals surface area (Å²) in [6, 6.07) is 32.4. The van der Waals surface area contributed by atoms with Crippen molar-refractivity contribution in [2.45, 2.75) is 249 Å². The molecule has 1 saturated heterocycles. The van der Waals surface area contributed by atoms with Crippen molar-refractivity contribution >= 4 is 88.2 Å². The summed E-state index contributed by atoms with van der Waals surface area (Å²) in [5.74, 6) is 7.02. The highest BCUT2D eigenvalue weighted by Gasteiger charge is 2.13. The molecule has 0 aliphatic carbocycles. The van der Waals surface area contributed by atoms with E-state index in [9.17, 15) is 8.42 Å².